The molecule has 0 atom stereocenters. The Kier molecular flexibility index (Phi) is 3.98. The molecule has 0 radical (unpaired) electrons. The van der Waals surface area contributed by atoms with Crippen molar-refractivity contribution in [2.45, 2.75) is 13.5 Å². The van der Waals surface area contributed by atoms with E-state index in [2.05, 4.69) is 41.8 Å². The number of carbonyl (C=O) groups is 1. The zero-order valence-electron chi connectivity index (χ0n) is 16.1. The maximum Gasteiger partial charge on any atom is 0.249 e. The van der Waals surface area contributed by atoms with Crippen LogP contribution in [0.5, 0.6) is 0 Å². The summed E-state index contributed by atoms with van der Waals surface area (Å²) in [5, 5.41) is 1.91. The molecule has 0 saturated carbocycles. The van der Waals surface area contributed by atoms with E-state index in [-0.39, 0.29) is 0 Å². The SMILES string of the molecule is Cc1ccccc1Cn1c2cc(-c3ccco3)ccc2c2c(C(N)=O)cccc21. The molecule has 0 aliphatic rings. The van der Waals surface area contributed by atoms with Crippen LogP contribution < -0.4 is 5.73 Å². The van der Waals surface area contributed by atoms with Crippen molar-refractivity contribution in [1.29, 1.82) is 0 Å². The van der Waals surface area contributed by atoms with Crippen LogP contribution in [0.15, 0.2) is 83.5 Å². The van der Waals surface area contributed by atoms with Crippen LogP contribution in [0.4, 0.5) is 0 Å². The second kappa shape index (κ2) is 6.67. The first kappa shape index (κ1) is 17.3. The summed E-state index contributed by atoms with van der Waals surface area (Å²) in [6, 6.07) is 24.1. The molecule has 4 nitrogen and oxygen atoms in total. The lowest BCUT2D eigenvalue weighted by Crippen LogP contribution is -2.11. The van der Waals surface area contributed by atoms with Crippen LogP contribution in [-0.4, -0.2) is 10.5 Å². The molecule has 5 aromatic rings. The largest absolute Gasteiger partial charge is 0.464 e. The molecule has 2 heterocycles. The highest BCUT2D eigenvalue weighted by Crippen LogP contribution is 2.35. The third kappa shape index (κ3) is 2.81. The van der Waals surface area contributed by atoms with Gasteiger partial charge in [-0.2, -0.15) is 0 Å². The van der Waals surface area contributed by atoms with E-state index >= 15 is 0 Å². The van der Waals surface area contributed by atoms with Crippen LogP contribution in [-0.2, 0) is 6.54 Å². The predicted molar refractivity (Wildman–Crippen MR) is 116 cm³/mol. The number of furan rings is 1. The first-order chi connectivity index (χ1) is 14.1. The van der Waals surface area contributed by atoms with E-state index < -0.39 is 5.91 Å². The molecular formula is C25H20N2O2. The van der Waals surface area contributed by atoms with Gasteiger partial charge in [-0.1, -0.05) is 42.5 Å². The van der Waals surface area contributed by atoms with E-state index in [1.165, 1.54) is 11.1 Å². The number of rotatable bonds is 4. The van der Waals surface area contributed by atoms with E-state index in [4.69, 9.17) is 10.2 Å². The van der Waals surface area contributed by atoms with Gasteiger partial charge in [0.1, 0.15) is 5.76 Å². The number of aromatic nitrogens is 1. The number of nitrogens with two attached hydrogens (primary N) is 1. The number of aryl methyl sites for hydroxylation is 1. The molecule has 142 valence electrons. The Morgan fingerprint density at radius 2 is 1.83 bits per heavy atom. The van der Waals surface area contributed by atoms with Crippen molar-refractivity contribution in [1.82, 2.24) is 4.57 Å². The lowest BCUT2D eigenvalue weighted by Gasteiger charge is -2.11. The van der Waals surface area contributed by atoms with Crippen LogP contribution in [0.25, 0.3) is 33.1 Å². The Hall–Kier alpha value is -3.79. The molecular weight excluding hydrogens is 360 g/mol. The van der Waals surface area contributed by atoms with Crippen molar-refractivity contribution in [3.05, 3.63) is 95.7 Å². The van der Waals surface area contributed by atoms with Crippen molar-refractivity contribution in [2.75, 3.05) is 0 Å². The van der Waals surface area contributed by atoms with Crippen LogP contribution in [0.2, 0.25) is 0 Å². The van der Waals surface area contributed by atoms with Gasteiger partial charge >= 0.3 is 0 Å². The molecule has 0 unspecified atom stereocenters. The summed E-state index contributed by atoms with van der Waals surface area (Å²) in [5.74, 6) is 0.398. The first-order valence-corrected chi connectivity index (χ1v) is 9.56. The lowest BCUT2D eigenvalue weighted by atomic mass is 10.0. The standard InChI is InChI=1S/C25H20N2O2/c1-16-6-2-3-7-18(16)15-27-21-9-4-8-20(25(26)28)24(21)19-12-11-17(14-22(19)27)23-10-5-13-29-23/h2-14H,15H2,1H3,(H2,26,28). The Morgan fingerprint density at radius 1 is 0.966 bits per heavy atom. The van der Waals surface area contributed by atoms with Crippen molar-refractivity contribution in [3.63, 3.8) is 0 Å². The van der Waals surface area contributed by atoms with Gasteiger partial charge in [0.05, 0.1) is 17.3 Å². The summed E-state index contributed by atoms with van der Waals surface area (Å²) in [7, 11) is 0. The van der Waals surface area contributed by atoms with E-state index in [9.17, 15) is 4.79 Å². The molecule has 3 aromatic carbocycles. The molecule has 2 aromatic heterocycles. The Balaban J connectivity index is 1.84. The van der Waals surface area contributed by atoms with Crippen molar-refractivity contribution in [3.8, 4) is 11.3 Å². The Bertz CT molecular complexity index is 1360. The molecule has 0 aliphatic heterocycles. The minimum absolute atomic E-state index is 0.416. The number of fused-ring (bicyclic) bond motifs is 3. The number of hydrogen-bond donors (Lipinski definition) is 1. The molecule has 1 amide bonds. The van der Waals surface area contributed by atoms with Gasteiger partial charge in [-0.25, -0.2) is 0 Å². The predicted octanol–water partition coefficient (Wildman–Crippen LogP) is 5.51. The summed E-state index contributed by atoms with van der Waals surface area (Å²) in [4.78, 5) is 12.1. The van der Waals surface area contributed by atoms with E-state index in [0.717, 1.165) is 33.1 Å². The minimum atomic E-state index is -0.416. The van der Waals surface area contributed by atoms with Crippen LogP contribution in [0.3, 0.4) is 0 Å². The number of benzene rings is 3. The maximum absolute atomic E-state index is 12.1. The van der Waals surface area contributed by atoms with E-state index in [0.29, 0.717) is 12.1 Å². The zero-order chi connectivity index (χ0) is 20.0. The summed E-state index contributed by atoms with van der Waals surface area (Å²) in [5.41, 5.74) is 11.8. The fraction of sp³-hybridized carbons (Fsp3) is 0.0800. The van der Waals surface area contributed by atoms with Crippen molar-refractivity contribution >= 4 is 27.7 Å². The van der Waals surface area contributed by atoms with Crippen LogP contribution in [0, 0.1) is 6.92 Å². The highest BCUT2D eigenvalue weighted by molar-refractivity contribution is 6.18. The van der Waals surface area contributed by atoms with Gasteiger partial charge in [0, 0.05) is 28.4 Å². The van der Waals surface area contributed by atoms with Crippen LogP contribution in [0.1, 0.15) is 21.5 Å². The fourth-order valence-electron chi connectivity index (χ4n) is 4.07. The minimum Gasteiger partial charge on any atom is -0.464 e. The highest BCUT2D eigenvalue weighted by Gasteiger charge is 2.18. The van der Waals surface area contributed by atoms with Gasteiger partial charge in [-0.05, 0) is 48.4 Å². The third-order valence-electron chi connectivity index (χ3n) is 5.55. The Morgan fingerprint density at radius 3 is 2.59 bits per heavy atom. The van der Waals surface area contributed by atoms with Crippen molar-refractivity contribution < 1.29 is 9.21 Å². The van der Waals surface area contributed by atoms with Crippen LogP contribution >= 0.6 is 0 Å². The zero-order valence-corrected chi connectivity index (χ0v) is 16.1. The second-order valence-electron chi connectivity index (χ2n) is 7.29. The number of amides is 1. The molecule has 0 spiro atoms. The molecule has 2 N–H and O–H groups in total. The molecule has 4 heteroatoms. The molecule has 5 rings (SSSR count). The number of nitrogens with zero attached hydrogens (tertiary/aromatic N) is 1. The summed E-state index contributed by atoms with van der Waals surface area (Å²) in [6.07, 6.45) is 1.67. The van der Waals surface area contributed by atoms with Gasteiger partial charge in [0.25, 0.3) is 0 Å². The topological polar surface area (TPSA) is 61.2 Å². The summed E-state index contributed by atoms with van der Waals surface area (Å²) in [6.45, 7) is 2.82. The fourth-order valence-corrected chi connectivity index (χ4v) is 4.07. The molecule has 0 fully saturated rings. The lowest BCUT2D eigenvalue weighted by molar-refractivity contribution is 0.100. The van der Waals surface area contributed by atoms with Gasteiger partial charge in [0.2, 0.25) is 5.91 Å². The van der Waals surface area contributed by atoms with Gasteiger partial charge < -0.3 is 14.7 Å². The van der Waals surface area contributed by atoms with Gasteiger partial charge in [-0.15, -0.1) is 0 Å². The first-order valence-electron chi connectivity index (χ1n) is 9.56. The van der Waals surface area contributed by atoms with Gasteiger partial charge in [-0.3, -0.25) is 4.79 Å². The average molecular weight is 380 g/mol. The normalized spacial score (nSPS) is 11.3. The number of carbonyl (C=O) groups excluding carboxylic acids is 1. The Labute approximate surface area is 168 Å². The monoisotopic (exact) mass is 380 g/mol. The second-order valence-corrected chi connectivity index (χ2v) is 7.29. The third-order valence-corrected chi connectivity index (χ3v) is 5.55. The molecule has 0 saturated heterocycles. The molecule has 0 aliphatic carbocycles. The number of hydrogen-bond acceptors (Lipinski definition) is 2. The molecule has 29 heavy (non-hydrogen) atoms. The van der Waals surface area contributed by atoms with Crippen molar-refractivity contribution in [2.24, 2.45) is 5.73 Å². The smallest absolute Gasteiger partial charge is 0.249 e. The number of primary amides is 1. The van der Waals surface area contributed by atoms with E-state index in [1.807, 2.05) is 36.4 Å². The van der Waals surface area contributed by atoms with Gasteiger partial charge in [0.15, 0.2) is 0 Å². The van der Waals surface area contributed by atoms with E-state index in [1.54, 1.807) is 12.3 Å². The summed E-state index contributed by atoms with van der Waals surface area (Å²) >= 11 is 0. The maximum atomic E-state index is 12.1. The quantitative estimate of drug-likeness (QED) is 0.447. The average Bonchev–Trinajstić information content (AvgIpc) is 3.36. The highest BCUT2D eigenvalue weighted by atomic mass is 16.3. The molecule has 0 bridgehead atoms. The summed E-state index contributed by atoms with van der Waals surface area (Å²) < 4.78 is 7.85.